The first-order valence-electron chi connectivity index (χ1n) is 12.0. The number of carbonyl (C=O) groups excluding carboxylic acids is 3. The first-order valence-corrected chi connectivity index (χ1v) is 12.6. The molecule has 0 bridgehead atoms. The minimum Gasteiger partial charge on any atom is -0.497 e. The van der Waals surface area contributed by atoms with Gasteiger partial charge < -0.3 is 25.0 Å². The summed E-state index contributed by atoms with van der Waals surface area (Å²) in [5, 5.41) is 5.50. The number of alkyl carbamates (subject to hydrolysis) is 1. The van der Waals surface area contributed by atoms with Gasteiger partial charge in [0, 0.05) is 17.5 Å². The van der Waals surface area contributed by atoms with E-state index in [-0.39, 0.29) is 5.75 Å². The summed E-state index contributed by atoms with van der Waals surface area (Å²) in [6.45, 7) is 12.6. The minimum atomic E-state index is -1.01. The van der Waals surface area contributed by atoms with Gasteiger partial charge in [0.15, 0.2) is 0 Å². The third-order valence-electron chi connectivity index (χ3n) is 5.33. The van der Waals surface area contributed by atoms with E-state index in [4.69, 9.17) is 9.47 Å². The number of amides is 3. The van der Waals surface area contributed by atoms with Crippen molar-refractivity contribution in [3.8, 4) is 5.75 Å². The fourth-order valence-electron chi connectivity index (χ4n) is 3.67. The highest BCUT2D eigenvalue weighted by molar-refractivity contribution is 7.80. The van der Waals surface area contributed by atoms with E-state index < -0.39 is 41.6 Å². The highest BCUT2D eigenvalue weighted by atomic mass is 32.1. The molecule has 0 saturated heterocycles. The van der Waals surface area contributed by atoms with Gasteiger partial charge in [-0.1, -0.05) is 30.9 Å². The highest BCUT2D eigenvalue weighted by Crippen LogP contribution is 2.28. The molecule has 0 aliphatic rings. The molecule has 9 heteroatoms. The van der Waals surface area contributed by atoms with Crippen molar-refractivity contribution in [3.63, 3.8) is 0 Å². The van der Waals surface area contributed by atoms with Crippen LogP contribution in [0.2, 0.25) is 0 Å². The van der Waals surface area contributed by atoms with Crippen LogP contribution < -0.4 is 15.4 Å². The SMILES string of the molecule is C=Cc1cccc(C(C(=O)Nc2ccc(OC)cc2)N(C(=O)C(CS)NC(=O)OC(C)(C)C)C(C)C)c1. The van der Waals surface area contributed by atoms with Gasteiger partial charge in [-0.05, 0) is 76.1 Å². The van der Waals surface area contributed by atoms with Crippen molar-refractivity contribution >= 4 is 42.3 Å². The summed E-state index contributed by atoms with van der Waals surface area (Å²) in [4.78, 5) is 41.5. The van der Waals surface area contributed by atoms with Crippen molar-refractivity contribution in [1.29, 1.82) is 0 Å². The Morgan fingerprint density at radius 1 is 1.11 bits per heavy atom. The first-order chi connectivity index (χ1) is 17.4. The second kappa shape index (κ2) is 13.2. The maximum Gasteiger partial charge on any atom is 0.408 e. The number of nitrogens with zero attached hydrogens (tertiary/aromatic N) is 1. The third-order valence-corrected chi connectivity index (χ3v) is 5.69. The Kier molecular flexibility index (Phi) is 10.6. The van der Waals surface area contributed by atoms with Crippen molar-refractivity contribution < 1.29 is 23.9 Å². The van der Waals surface area contributed by atoms with E-state index in [1.54, 1.807) is 70.4 Å². The van der Waals surface area contributed by atoms with Crippen molar-refractivity contribution in [3.05, 3.63) is 66.2 Å². The molecule has 0 spiro atoms. The van der Waals surface area contributed by atoms with Gasteiger partial charge >= 0.3 is 6.09 Å². The van der Waals surface area contributed by atoms with Gasteiger partial charge in [-0.15, -0.1) is 0 Å². The topological polar surface area (TPSA) is 97.0 Å². The summed E-state index contributed by atoms with van der Waals surface area (Å²) in [6, 6.07) is 11.7. The molecule has 2 aromatic carbocycles. The summed E-state index contributed by atoms with van der Waals surface area (Å²) in [5.74, 6) is -0.212. The van der Waals surface area contributed by atoms with E-state index in [0.29, 0.717) is 17.0 Å². The Morgan fingerprint density at radius 3 is 2.27 bits per heavy atom. The number of methoxy groups -OCH3 is 1. The fourth-order valence-corrected chi connectivity index (χ4v) is 3.92. The van der Waals surface area contributed by atoms with Crippen LogP contribution >= 0.6 is 12.6 Å². The number of hydrogen-bond donors (Lipinski definition) is 3. The Hall–Kier alpha value is -3.46. The summed E-state index contributed by atoms with van der Waals surface area (Å²) >= 11 is 4.30. The zero-order valence-corrected chi connectivity index (χ0v) is 23.2. The number of ether oxygens (including phenoxy) is 2. The average molecular weight is 528 g/mol. The van der Waals surface area contributed by atoms with Gasteiger partial charge in [0.2, 0.25) is 5.91 Å². The molecule has 8 nitrogen and oxygen atoms in total. The average Bonchev–Trinajstić information content (AvgIpc) is 2.84. The van der Waals surface area contributed by atoms with Crippen LogP contribution in [0.1, 0.15) is 51.8 Å². The van der Waals surface area contributed by atoms with Crippen LogP contribution in [0.5, 0.6) is 5.75 Å². The fraction of sp³-hybridized carbons (Fsp3) is 0.393. The number of anilines is 1. The molecule has 0 aromatic heterocycles. The van der Waals surface area contributed by atoms with Crippen LogP contribution in [0.15, 0.2) is 55.1 Å². The number of hydrogen-bond acceptors (Lipinski definition) is 6. The number of carbonyl (C=O) groups is 3. The van der Waals surface area contributed by atoms with E-state index >= 15 is 0 Å². The number of thiol groups is 1. The number of rotatable bonds is 10. The van der Waals surface area contributed by atoms with Crippen LogP contribution in [0, 0.1) is 0 Å². The van der Waals surface area contributed by atoms with Crippen LogP contribution in [-0.2, 0) is 14.3 Å². The molecule has 0 fully saturated rings. The van der Waals surface area contributed by atoms with Crippen LogP contribution in [-0.4, -0.2) is 53.4 Å². The van der Waals surface area contributed by atoms with Gasteiger partial charge in [-0.2, -0.15) is 12.6 Å². The van der Waals surface area contributed by atoms with Crippen LogP contribution in [0.4, 0.5) is 10.5 Å². The molecule has 0 aliphatic carbocycles. The summed E-state index contributed by atoms with van der Waals surface area (Å²) in [7, 11) is 1.56. The lowest BCUT2D eigenvalue weighted by Crippen LogP contribution is -2.55. The molecule has 2 unspecified atom stereocenters. The van der Waals surface area contributed by atoms with Gasteiger partial charge in [0.05, 0.1) is 7.11 Å². The smallest absolute Gasteiger partial charge is 0.408 e. The predicted octanol–water partition coefficient (Wildman–Crippen LogP) is 5.08. The first kappa shape index (κ1) is 29.8. The predicted molar refractivity (Wildman–Crippen MR) is 150 cm³/mol. The van der Waals surface area contributed by atoms with Crippen molar-refractivity contribution in [2.45, 2.75) is 58.3 Å². The van der Waals surface area contributed by atoms with E-state index in [2.05, 4.69) is 29.8 Å². The maximum atomic E-state index is 13.8. The zero-order chi connectivity index (χ0) is 27.8. The van der Waals surface area contributed by atoms with Gasteiger partial charge in [-0.25, -0.2) is 4.79 Å². The van der Waals surface area contributed by atoms with Gasteiger partial charge in [0.25, 0.3) is 5.91 Å². The van der Waals surface area contributed by atoms with Crippen LogP contribution in [0.25, 0.3) is 6.08 Å². The quantitative estimate of drug-likeness (QED) is 0.375. The van der Waals surface area contributed by atoms with Crippen molar-refractivity contribution in [2.75, 3.05) is 18.2 Å². The van der Waals surface area contributed by atoms with E-state index in [9.17, 15) is 14.4 Å². The second-order valence-corrected chi connectivity index (χ2v) is 10.1. The summed E-state index contributed by atoms with van der Waals surface area (Å²) in [6.07, 6.45) is 0.931. The Bertz CT molecular complexity index is 1100. The lowest BCUT2D eigenvalue weighted by molar-refractivity contribution is -0.142. The monoisotopic (exact) mass is 527 g/mol. The van der Waals surface area contributed by atoms with Crippen molar-refractivity contribution in [2.24, 2.45) is 0 Å². The lowest BCUT2D eigenvalue weighted by Gasteiger charge is -2.37. The molecule has 0 radical (unpaired) electrons. The van der Waals surface area contributed by atoms with E-state index in [1.165, 1.54) is 4.90 Å². The van der Waals surface area contributed by atoms with Crippen molar-refractivity contribution in [1.82, 2.24) is 10.2 Å². The second-order valence-electron chi connectivity index (χ2n) is 9.72. The minimum absolute atomic E-state index is 0.0147. The summed E-state index contributed by atoms with van der Waals surface area (Å²) < 4.78 is 10.5. The zero-order valence-electron chi connectivity index (χ0n) is 22.3. The van der Waals surface area contributed by atoms with Gasteiger partial charge in [0.1, 0.15) is 23.4 Å². The highest BCUT2D eigenvalue weighted by Gasteiger charge is 2.37. The Labute approximate surface area is 224 Å². The Balaban J connectivity index is 2.48. The van der Waals surface area contributed by atoms with Gasteiger partial charge in [-0.3, -0.25) is 9.59 Å². The normalized spacial score (nSPS) is 12.8. The standard InChI is InChI=1S/C28H37N3O5S/c1-8-19-10-9-11-20(16-19)24(25(32)29-21-12-14-22(35-7)15-13-21)31(18(2)3)26(33)23(17-37)30-27(34)36-28(4,5)6/h8-16,18,23-24,37H,1,17H2,2-7H3,(H,29,32)(H,30,34). The third kappa shape index (κ3) is 8.56. The number of benzene rings is 2. The molecule has 2 rings (SSSR count). The van der Waals surface area contributed by atoms with Crippen LogP contribution in [0.3, 0.4) is 0 Å². The molecule has 0 heterocycles. The molecule has 37 heavy (non-hydrogen) atoms. The molecular formula is C28H37N3O5S. The molecule has 3 amide bonds. The number of nitrogens with one attached hydrogen (secondary N) is 2. The van der Waals surface area contributed by atoms with E-state index in [1.807, 2.05) is 26.0 Å². The molecule has 2 N–H and O–H groups in total. The lowest BCUT2D eigenvalue weighted by atomic mass is 9.99. The molecule has 200 valence electrons. The van der Waals surface area contributed by atoms with E-state index in [0.717, 1.165) is 5.56 Å². The molecule has 2 aromatic rings. The Morgan fingerprint density at radius 2 is 1.76 bits per heavy atom. The maximum absolute atomic E-state index is 13.8. The molecule has 0 aliphatic heterocycles. The molecular weight excluding hydrogens is 490 g/mol. The largest absolute Gasteiger partial charge is 0.497 e. The summed E-state index contributed by atoms with van der Waals surface area (Å²) in [5.41, 5.74) is 1.21. The molecule has 0 saturated carbocycles. The molecule has 2 atom stereocenters.